The van der Waals surface area contributed by atoms with E-state index in [0.29, 0.717) is 5.92 Å². The fraction of sp³-hybridized carbons (Fsp3) is 0.500. The number of hydrogen-bond acceptors (Lipinski definition) is 5. The highest BCUT2D eigenvalue weighted by Gasteiger charge is 2.17. The van der Waals surface area contributed by atoms with Crippen molar-refractivity contribution in [3.8, 4) is 0 Å². The Bertz CT molecular complexity index is 448. The summed E-state index contributed by atoms with van der Waals surface area (Å²) in [5.41, 5.74) is 8.66. The van der Waals surface area contributed by atoms with Crippen molar-refractivity contribution in [2.45, 2.75) is 38.6 Å². The molecule has 2 aromatic heterocycles. The van der Waals surface area contributed by atoms with Crippen LogP contribution in [0.3, 0.4) is 0 Å². The lowest BCUT2D eigenvalue weighted by Crippen LogP contribution is -2.12. The predicted octanol–water partition coefficient (Wildman–Crippen LogP) is 3.36. The molecule has 0 saturated heterocycles. The van der Waals surface area contributed by atoms with Crippen LogP contribution < -0.4 is 5.73 Å². The molecular weight excluding hydrogens is 250 g/mol. The normalized spacial score (nSPS) is 13.2. The predicted molar refractivity (Wildman–Crippen MR) is 73.6 cm³/mol. The van der Waals surface area contributed by atoms with E-state index in [9.17, 15) is 0 Å². The molecule has 0 spiro atoms. The highest BCUT2D eigenvalue weighted by atomic mass is 32.1. The third kappa shape index (κ3) is 3.12. The van der Waals surface area contributed by atoms with Gasteiger partial charge < -0.3 is 5.73 Å². The number of nitrogens with two attached hydrogens (primary N) is 1. The molecule has 92 valence electrons. The Morgan fingerprint density at radius 2 is 2.24 bits per heavy atom. The zero-order valence-electron chi connectivity index (χ0n) is 10.1. The van der Waals surface area contributed by atoms with Gasteiger partial charge in [-0.3, -0.25) is 0 Å². The van der Waals surface area contributed by atoms with Crippen LogP contribution >= 0.6 is 22.9 Å². The molecule has 0 aromatic carbocycles. The van der Waals surface area contributed by atoms with Gasteiger partial charge in [-0.05, 0) is 52.7 Å². The van der Waals surface area contributed by atoms with Gasteiger partial charge in [0.15, 0.2) is 0 Å². The molecule has 0 aliphatic carbocycles. The molecule has 0 bridgehead atoms. The Labute approximate surface area is 110 Å². The van der Waals surface area contributed by atoms with Crippen LogP contribution in [0.25, 0.3) is 0 Å². The van der Waals surface area contributed by atoms with E-state index < -0.39 is 0 Å². The van der Waals surface area contributed by atoms with Gasteiger partial charge in [-0.1, -0.05) is 18.3 Å². The van der Waals surface area contributed by atoms with E-state index in [0.717, 1.165) is 23.4 Å². The second kappa shape index (κ2) is 5.71. The van der Waals surface area contributed by atoms with Gasteiger partial charge in [0.25, 0.3) is 0 Å². The largest absolute Gasteiger partial charge is 0.323 e. The Morgan fingerprint density at radius 3 is 2.88 bits per heavy atom. The zero-order valence-corrected chi connectivity index (χ0v) is 11.7. The fourth-order valence-electron chi connectivity index (χ4n) is 1.75. The molecule has 0 radical (unpaired) electrons. The summed E-state index contributed by atoms with van der Waals surface area (Å²) in [6.07, 6.45) is 1.99. The third-order valence-corrected chi connectivity index (χ3v) is 4.35. The summed E-state index contributed by atoms with van der Waals surface area (Å²) >= 11 is 3.17. The van der Waals surface area contributed by atoms with Crippen molar-refractivity contribution in [2.24, 2.45) is 5.73 Å². The van der Waals surface area contributed by atoms with Crippen molar-refractivity contribution in [1.82, 2.24) is 9.59 Å². The summed E-state index contributed by atoms with van der Waals surface area (Å²) in [5, 5.41) is 8.46. The minimum Gasteiger partial charge on any atom is -0.323 e. The van der Waals surface area contributed by atoms with Crippen LogP contribution in [-0.2, 0) is 6.42 Å². The van der Waals surface area contributed by atoms with E-state index in [-0.39, 0.29) is 6.04 Å². The lowest BCUT2D eigenvalue weighted by Gasteiger charge is -2.11. The summed E-state index contributed by atoms with van der Waals surface area (Å²) in [4.78, 5) is 1.15. The Hall–Kier alpha value is -0.780. The highest BCUT2D eigenvalue weighted by molar-refractivity contribution is 7.08. The first-order valence-corrected chi connectivity index (χ1v) is 7.49. The van der Waals surface area contributed by atoms with Crippen LogP contribution in [0.15, 0.2) is 16.8 Å². The molecule has 2 aromatic rings. The molecule has 0 saturated carbocycles. The van der Waals surface area contributed by atoms with E-state index in [1.54, 1.807) is 11.3 Å². The molecule has 0 aliphatic heterocycles. The maximum absolute atomic E-state index is 6.23. The molecule has 17 heavy (non-hydrogen) atoms. The smallest absolute Gasteiger partial charge is 0.0828 e. The van der Waals surface area contributed by atoms with Crippen LogP contribution in [0.2, 0.25) is 0 Å². The first-order chi connectivity index (χ1) is 8.18. The van der Waals surface area contributed by atoms with Gasteiger partial charge in [0.05, 0.1) is 10.6 Å². The molecular formula is C12H17N3S2. The minimum atomic E-state index is 0.0623. The van der Waals surface area contributed by atoms with E-state index in [4.69, 9.17) is 5.73 Å². The van der Waals surface area contributed by atoms with Crippen LogP contribution in [0, 0.1) is 0 Å². The average Bonchev–Trinajstić information content (AvgIpc) is 2.96. The molecule has 2 rings (SSSR count). The van der Waals surface area contributed by atoms with Crippen molar-refractivity contribution in [3.05, 3.63) is 33.0 Å². The SMILES string of the molecule is CC(C)c1nnsc1C(N)CCc1ccsc1. The number of aryl methyl sites for hydroxylation is 1. The molecule has 0 aliphatic rings. The second-order valence-corrected chi connectivity index (χ2v) is 6.02. The van der Waals surface area contributed by atoms with Crippen molar-refractivity contribution in [2.75, 3.05) is 0 Å². The van der Waals surface area contributed by atoms with Gasteiger partial charge in [-0.25, -0.2) is 0 Å². The molecule has 2 heterocycles. The lowest BCUT2D eigenvalue weighted by molar-refractivity contribution is 0.645. The summed E-state index contributed by atoms with van der Waals surface area (Å²) < 4.78 is 4.02. The maximum atomic E-state index is 6.23. The Kier molecular flexibility index (Phi) is 4.25. The van der Waals surface area contributed by atoms with Crippen LogP contribution in [0.1, 0.15) is 48.4 Å². The first-order valence-electron chi connectivity index (χ1n) is 5.77. The van der Waals surface area contributed by atoms with Crippen molar-refractivity contribution >= 4 is 22.9 Å². The Morgan fingerprint density at radius 1 is 1.41 bits per heavy atom. The number of hydrogen-bond donors (Lipinski definition) is 1. The molecule has 5 heteroatoms. The van der Waals surface area contributed by atoms with Gasteiger partial charge in [0.2, 0.25) is 0 Å². The van der Waals surface area contributed by atoms with Crippen LogP contribution in [-0.4, -0.2) is 9.59 Å². The van der Waals surface area contributed by atoms with Crippen molar-refractivity contribution in [3.63, 3.8) is 0 Å². The van der Waals surface area contributed by atoms with Crippen molar-refractivity contribution < 1.29 is 0 Å². The lowest BCUT2D eigenvalue weighted by atomic mass is 10.0. The van der Waals surface area contributed by atoms with Gasteiger partial charge in [-0.2, -0.15) is 11.3 Å². The molecule has 2 N–H and O–H groups in total. The molecule has 1 atom stereocenters. The zero-order chi connectivity index (χ0) is 12.3. The fourth-order valence-corrected chi connectivity index (χ4v) is 3.29. The number of thiophene rings is 1. The van der Waals surface area contributed by atoms with E-state index in [1.807, 2.05) is 0 Å². The Balaban J connectivity index is 1.99. The van der Waals surface area contributed by atoms with E-state index in [1.165, 1.54) is 17.1 Å². The van der Waals surface area contributed by atoms with Crippen molar-refractivity contribution in [1.29, 1.82) is 0 Å². The van der Waals surface area contributed by atoms with Gasteiger partial charge in [-0.15, -0.1) is 5.10 Å². The monoisotopic (exact) mass is 267 g/mol. The standard InChI is InChI=1S/C12H17N3S2/c1-8(2)11-12(17-15-14-11)10(13)4-3-9-5-6-16-7-9/h5-8,10H,3-4,13H2,1-2H3. The molecule has 1 unspecified atom stereocenters. The summed E-state index contributed by atoms with van der Waals surface area (Å²) in [6, 6.07) is 2.22. The average molecular weight is 267 g/mol. The van der Waals surface area contributed by atoms with Gasteiger partial charge in [0.1, 0.15) is 0 Å². The quantitative estimate of drug-likeness (QED) is 0.903. The summed E-state index contributed by atoms with van der Waals surface area (Å²) in [6.45, 7) is 4.26. The maximum Gasteiger partial charge on any atom is 0.0828 e. The summed E-state index contributed by atoms with van der Waals surface area (Å²) in [5.74, 6) is 0.399. The van der Waals surface area contributed by atoms with Gasteiger partial charge >= 0.3 is 0 Å². The minimum absolute atomic E-state index is 0.0623. The molecule has 3 nitrogen and oxygen atoms in total. The number of nitrogens with zero attached hydrogens (tertiary/aromatic N) is 2. The third-order valence-electron chi connectivity index (χ3n) is 2.75. The van der Waals surface area contributed by atoms with Crippen LogP contribution in [0.5, 0.6) is 0 Å². The van der Waals surface area contributed by atoms with E-state index in [2.05, 4.69) is 40.3 Å². The second-order valence-electron chi connectivity index (χ2n) is 4.45. The number of aromatic nitrogens is 2. The molecule has 0 amide bonds. The van der Waals surface area contributed by atoms with Crippen LogP contribution in [0.4, 0.5) is 0 Å². The van der Waals surface area contributed by atoms with Gasteiger partial charge in [0, 0.05) is 6.04 Å². The summed E-state index contributed by atoms with van der Waals surface area (Å²) in [7, 11) is 0. The molecule has 0 fully saturated rings. The van der Waals surface area contributed by atoms with E-state index >= 15 is 0 Å². The first kappa shape index (κ1) is 12.7. The highest BCUT2D eigenvalue weighted by Crippen LogP contribution is 2.27. The topological polar surface area (TPSA) is 51.8 Å². The number of rotatable bonds is 5.